The molecule has 2 aliphatic rings. The van der Waals surface area contributed by atoms with Gasteiger partial charge in [0.25, 0.3) is 0 Å². The normalized spacial score (nSPS) is 26.3. The number of carbonyl (C=O) groups is 1. The molecule has 2 fully saturated rings. The third-order valence-corrected chi connectivity index (χ3v) is 4.61. The van der Waals surface area contributed by atoms with Crippen LogP contribution in [-0.4, -0.2) is 41.6 Å². The maximum absolute atomic E-state index is 12.0. The van der Waals surface area contributed by atoms with Crippen LogP contribution in [0.25, 0.3) is 0 Å². The second-order valence-corrected chi connectivity index (χ2v) is 5.88. The maximum atomic E-state index is 12.0. The van der Waals surface area contributed by atoms with E-state index in [1.165, 1.54) is 19.3 Å². The molecule has 1 amide bonds. The quantitative estimate of drug-likeness (QED) is 0.752. The third-order valence-electron chi connectivity index (χ3n) is 4.61. The Bertz CT molecular complexity index is 496. The number of nitrogens with zero attached hydrogens (tertiary/aromatic N) is 3. The Labute approximate surface area is 122 Å². The van der Waals surface area contributed by atoms with Crippen LogP contribution in [0, 0.1) is 11.1 Å². The van der Waals surface area contributed by atoms with Gasteiger partial charge in [-0.1, -0.05) is 6.42 Å². The van der Waals surface area contributed by atoms with Crippen LogP contribution < -0.4 is 16.0 Å². The van der Waals surface area contributed by atoms with Crippen molar-refractivity contribution in [3.8, 4) is 0 Å². The van der Waals surface area contributed by atoms with E-state index >= 15 is 0 Å². The first-order valence-corrected chi connectivity index (χ1v) is 7.54. The van der Waals surface area contributed by atoms with Crippen LogP contribution >= 0.6 is 0 Å². The maximum Gasteiger partial charge on any atom is 0.318 e. The number of fused-ring (bicyclic) bond motifs is 1. The first-order valence-electron chi connectivity index (χ1n) is 7.54. The van der Waals surface area contributed by atoms with Crippen LogP contribution in [0.3, 0.4) is 0 Å². The summed E-state index contributed by atoms with van der Waals surface area (Å²) in [6, 6.07) is 0.548. The summed E-state index contributed by atoms with van der Waals surface area (Å²) in [5.41, 5.74) is 5.20. The van der Waals surface area contributed by atoms with Gasteiger partial charge in [-0.25, -0.2) is 0 Å². The first kappa shape index (κ1) is 14.1. The van der Waals surface area contributed by atoms with Crippen molar-refractivity contribution in [2.24, 2.45) is 5.92 Å². The molecule has 21 heavy (non-hydrogen) atoms. The molecule has 2 atom stereocenters. The van der Waals surface area contributed by atoms with Gasteiger partial charge in [-0.2, -0.15) is 0 Å². The van der Waals surface area contributed by atoms with E-state index in [4.69, 9.17) is 5.73 Å². The first-order chi connectivity index (χ1) is 10.2. The predicted molar refractivity (Wildman–Crippen MR) is 74.1 cm³/mol. The summed E-state index contributed by atoms with van der Waals surface area (Å²) < 4.78 is 4.31. The highest BCUT2D eigenvalue weighted by Gasteiger charge is 2.33. The minimum absolute atomic E-state index is 0.0540. The van der Waals surface area contributed by atoms with Crippen molar-refractivity contribution in [2.75, 3.05) is 25.4 Å². The second-order valence-electron chi connectivity index (χ2n) is 5.88. The zero-order valence-electron chi connectivity index (χ0n) is 12.0. The number of hydrogen-bond acceptors (Lipinski definition) is 6. The summed E-state index contributed by atoms with van der Waals surface area (Å²) in [6.07, 6.45) is 5.98. The lowest BCUT2D eigenvalue weighted by Gasteiger charge is -2.44. The minimum Gasteiger partial charge on any atom is -0.359 e. The highest BCUT2D eigenvalue weighted by molar-refractivity contribution is 5.94. The summed E-state index contributed by atoms with van der Waals surface area (Å²) >= 11 is 0. The molecule has 1 aromatic heterocycles. The van der Waals surface area contributed by atoms with E-state index in [0.29, 0.717) is 18.5 Å². The average molecular weight is 295 g/mol. The van der Waals surface area contributed by atoms with E-state index in [9.17, 15) is 10.0 Å². The van der Waals surface area contributed by atoms with Gasteiger partial charge in [0.2, 0.25) is 0 Å². The van der Waals surface area contributed by atoms with Gasteiger partial charge in [0.05, 0.1) is 5.16 Å². The van der Waals surface area contributed by atoms with Crippen LogP contribution in [0.2, 0.25) is 0 Å². The average Bonchev–Trinajstić information content (AvgIpc) is 2.84. The molecule has 0 saturated carbocycles. The lowest BCUT2D eigenvalue weighted by molar-refractivity contribution is -0.803. The van der Waals surface area contributed by atoms with E-state index in [-0.39, 0.29) is 16.4 Å². The fourth-order valence-electron chi connectivity index (χ4n) is 3.58. The van der Waals surface area contributed by atoms with Crippen molar-refractivity contribution in [3.63, 3.8) is 0 Å². The number of carbonyl (C=O) groups excluding carboxylic acids is 1. The number of nitrogen functional groups attached to an aromatic ring is 1. The molecule has 0 aromatic carbocycles. The van der Waals surface area contributed by atoms with E-state index in [1.54, 1.807) is 0 Å². The lowest BCUT2D eigenvalue weighted by Crippen LogP contribution is -2.51. The fourth-order valence-corrected chi connectivity index (χ4v) is 3.58. The van der Waals surface area contributed by atoms with Gasteiger partial charge in [0.15, 0.2) is 0 Å². The number of amides is 1. The number of rotatable bonds is 3. The lowest BCUT2D eigenvalue weighted by atomic mass is 9.83. The van der Waals surface area contributed by atoms with Crippen molar-refractivity contribution in [2.45, 2.75) is 38.1 Å². The van der Waals surface area contributed by atoms with Gasteiger partial charge in [-0.05, 0) is 49.6 Å². The zero-order valence-corrected chi connectivity index (χ0v) is 12.0. The number of piperidine rings is 2. The Hall–Kier alpha value is -1.83. The van der Waals surface area contributed by atoms with E-state index < -0.39 is 5.91 Å². The topological polar surface area (TPSA) is 111 Å². The van der Waals surface area contributed by atoms with Gasteiger partial charge < -0.3 is 21.2 Å². The molecular weight excluding hydrogens is 274 g/mol. The van der Waals surface area contributed by atoms with Crippen molar-refractivity contribution in [3.05, 3.63) is 10.9 Å². The van der Waals surface area contributed by atoms with E-state index in [1.807, 2.05) is 0 Å². The van der Waals surface area contributed by atoms with Crippen LogP contribution in [0.4, 0.5) is 5.82 Å². The molecule has 0 radical (unpaired) electrons. The predicted octanol–water partition coefficient (Wildman–Crippen LogP) is -0.115. The van der Waals surface area contributed by atoms with Crippen molar-refractivity contribution in [1.29, 1.82) is 0 Å². The molecular formula is C13H21N5O3. The van der Waals surface area contributed by atoms with Crippen LogP contribution in [0.1, 0.15) is 42.6 Å². The Morgan fingerprint density at radius 2 is 2.24 bits per heavy atom. The van der Waals surface area contributed by atoms with Crippen molar-refractivity contribution >= 4 is 11.7 Å². The molecule has 0 aliphatic carbocycles. The number of aromatic nitrogens is 2. The highest BCUT2D eigenvalue weighted by atomic mass is 16.8. The highest BCUT2D eigenvalue weighted by Crippen LogP contribution is 2.30. The van der Waals surface area contributed by atoms with Gasteiger partial charge >= 0.3 is 17.4 Å². The van der Waals surface area contributed by atoms with Gasteiger partial charge in [0, 0.05) is 12.6 Å². The Morgan fingerprint density at radius 3 is 3.00 bits per heavy atom. The molecule has 3 N–H and O–H groups in total. The smallest absolute Gasteiger partial charge is 0.318 e. The molecule has 0 spiro atoms. The number of anilines is 1. The third kappa shape index (κ3) is 2.80. The van der Waals surface area contributed by atoms with E-state index in [0.717, 1.165) is 25.9 Å². The molecule has 116 valence electrons. The van der Waals surface area contributed by atoms with Crippen LogP contribution in [-0.2, 0) is 0 Å². The summed E-state index contributed by atoms with van der Waals surface area (Å²) in [7, 11) is 0. The molecule has 0 unspecified atom stereocenters. The second kappa shape index (κ2) is 5.88. The SMILES string of the molecule is Nc1no[n+]([O-])c1C(=O)NC[C@@H]1CCCN2CCCC[C@H]12. The number of nitrogens with two attached hydrogens (primary N) is 1. The van der Waals surface area contributed by atoms with Crippen LogP contribution in [0.5, 0.6) is 0 Å². The summed E-state index contributed by atoms with van der Waals surface area (Å²) in [5, 5.41) is 17.4. The standard InChI is InChI=1S/C13H21N5O3/c14-12-11(18(20)21-16-12)13(19)15-8-9-4-3-7-17-6-2-1-5-10(9)17/h9-10H,1-8H2,(H2,14,16)(H,15,19)/t9-,10+/m0/s1. The Balaban J connectivity index is 1.60. The fraction of sp³-hybridized carbons (Fsp3) is 0.769. The molecule has 2 saturated heterocycles. The van der Waals surface area contributed by atoms with Gasteiger partial charge in [-0.15, -0.1) is 0 Å². The monoisotopic (exact) mass is 295 g/mol. The number of nitrogens with one attached hydrogen (secondary N) is 1. The van der Waals surface area contributed by atoms with E-state index in [2.05, 4.69) is 20.0 Å². The molecule has 0 bridgehead atoms. The molecule has 8 heteroatoms. The van der Waals surface area contributed by atoms with Crippen molar-refractivity contribution < 1.29 is 14.3 Å². The summed E-state index contributed by atoms with van der Waals surface area (Å²) in [4.78, 5) is 14.6. The Morgan fingerprint density at radius 1 is 1.43 bits per heavy atom. The molecule has 3 heterocycles. The summed E-state index contributed by atoms with van der Waals surface area (Å²) in [5.74, 6) is -0.258. The number of hydrogen-bond donors (Lipinski definition) is 2. The van der Waals surface area contributed by atoms with Crippen LogP contribution in [0.15, 0.2) is 4.63 Å². The Kier molecular flexibility index (Phi) is 3.96. The zero-order chi connectivity index (χ0) is 14.8. The van der Waals surface area contributed by atoms with Crippen molar-refractivity contribution in [1.82, 2.24) is 15.4 Å². The molecule has 3 rings (SSSR count). The molecule has 1 aromatic rings. The molecule has 8 nitrogen and oxygen atoms in total. The van der Waals surface area contributed by atoms with Gasteiger partial charge in [0.1, 0.15) is 0 Å². The summed E-state index contributed by atoms with van der Waals surface area (Å²) in [6.45, 7) is 2.88. The van der Waals surface area contributed by atoms with Gasteiger partial charge in [-0.3, -0.25) is 9.42 Å². The minimum atomic E-state index is -0.517. The molecule has 2 aliphatic heterocycles. The largest absolute Gasteiger partial charge is 0.359 e.